The Morgan fingerprint density at radius 2 is 1.52 bits per heavy atom. The van der Waals surface area contributed by atoms with Gasteiger partial charge >= 0.3 is 5.97 Å². The Kier molecular flexibility index (Phi) is 4.88. The van der Waals surface area contributed by atoms with Crippen molar-refractivity contribution in [1.82, 2.24) is 4.90 Å². The molecule has 1 N–H and O–H groups in total. The first-order valence-corrected chi connectivity index (χ1v) is 9.16. The fourth-order valence-electron chi connectivity index (χ4n) is 5.48. The highest BCUT2D eigenvalue weighted by Crippen LogP contribution is 2.44. The zero-order valence-corrected chi connectivity index (χ0v) is 13.5. The Balaban J connectivity index is 1.55. The molecular weight excluding hydrogens is 262 g/mol. The summed E-state index contributed by atoms with van der Waals surface area (Å²) in [5, 5.41) is 9.04. The highest BCUT2D eigenvalue weighted by Gasteiger charge is 2.44. The maximum atomic E-state index is 11.0. The number of carbonyl (C=O) groups is 1. The van der Waals surface area contributed by atoms with Gasteiger partial charge in [-0.1, -0.05) is 19.8 Å². The van der Waals surface area contributed by atoms with Crippen molar-refractivity contribution in [3.8, 4) is 0 Å². The van der Waals surface area contributed by atoms with Crippen LogP contribution in [0, 0.1) is 11.8 Å². The number of nitrogens with zero attached hydrogens (tertiary/aromatic N) is 1. The molecule has 0 radical (unpaired) electrons. The minimum absolute atomic E-state index is 0.393. The quantitative estimate of drug-likeness (QED) is 0.831. The monoisotopic (exact) mass is 293 g/mol. The van der Waals surface area contributed by atoms with Crippen LogP contribution in [0.3, 0.4) is 0 Å². The summed E-state index contributed by atoms with van der Waals surface area (Å²) in [4.78, 5) is 13.8. The van der Waals surface area contributed by atoms with Gasteiger partial charge in [0.2, 0.25) is 0 Å². The van der Waals surface area contributed by atoms with Gasteiger partial charge in [0.25, 0.3) is 0 Å². The van der Waals surface area contributed by atoms with E-state index in [1.165, 1.54) is 51.4 Å². The number of hydrogen-bond acceptors (Lipinski definition) is 2. The Labute approximate surface area is 129 Å². The number of carboxylic acids is 1. The first kappa shape index (κ1) is 15.3. The predicted molar refractivity (Wildman–Crippen MR) is 84.3 cm³/mol. The summed E-state index contributed by atoms with van der Waals surface area (Å²) in [7, 11) is 0. The van der Waals surface area contributed by atoms with Crippen LogP contribution in [0.4, 0.5) is 0 Å². The maximum absolute atomic E-state index is 11.0. The largest absolute Gasteiger partial charge is 0.481 e. The number of piperidine rings is 1. The third-order valence-electron chi connectivity index (χ3n) is 6.29. The lowest BCUT2D eigenvalue weighted by molar-refractivity contribution is -0.138. The topological polar surface area (TPSA) is 40.5 Å². The molecule has 2 heterocycles. The van der Waals surface area contributed by atoms with E-state index in [2.05, 4.69) is 11.8 Å². The Morgan fingerprint density at radius 1 is 0.952 bits per heavy atom. The molecule has 0 amide bonds. The molecule has 3 rings (SSSR count). The Morgan fingerprint density at radius 3 is 2.05 bits per heavy atom. The minimum Gasteiger partial charge on any atom is -0.481 e. The normalized spacial score (nSPS) is 40.3. The predicted octanol–water partition coefficient (Wildman–Crippen LogP) is 4.06. The van der Waals surface area contributed by atoms with E-state index in [1.807, 2.05) is 0 Å². The summed E-state index contributed by atoms with van der Waals surface area (Å²) in [6, 6.07) is 2.20. The lowest BCUT2D eigenvalue weighted by Crippen LogP contribution is -2.50. The molecule has 2 unspecified atom stereocenters. The van der Waals surface area contributed by atoms with Crippen molar-refractivity contribution in [2.45, 2.75) is 95.7 Å². The van der Waals surface area contributed by atoms with E-state index >= 15 is 0 Å². The molecule has 0 aromatic carbocycles. The van der Waals surface area contributed by atoms with E-state index < -0.39 is 5.97 Å². The van der Waals surface area contributed by atoms with Gasteiger partial charge in [-0.15, -0.1) is 0 Å². The van der Waals surface area contributed by atoms with Crippen LogP contribution in [0.25, 0.3) is 0 Å². The molecule has 120 valence electrons. The third kappa shape index (κ3) is 3.44. The molecule has 1 aliphatic carbocycles. The van der Waals surface area contributed by atoms with E-state index in [0.717, 1.165) is 24.8 Å². The van der Waals surface area contributed by atoms with Crippen LogP contribution in [0.2, 0.25) is 0 Å². The first-order valence-electron chi connectivity index (χ1n) is 9.16. The molecule has 21 heavy (non-hydrogen) atoms. The number of carboxylic acid groups (broad SMARTS) is 1. The SMILES string of the molecule is CCCC1CCC(N2C3CCC2CC(CC(=O)O)C3)CC1. The van der Waals surface area contributed by atoms with E-state index in [0.29, 0.717) is 24.4 Å². The van der Waals surface area contributed by atoms with Crippen molar-refractivity contribution in [3.05, 3.63) is 0 Å². The van der Waals surface area contributed by atoms with Crippen molar-refractivity contribution in [2.75, 3.05) is 0 Å². The summed E-state index contributed by atoms with van der Waals surface area (Å²) in [6.45, 7) is 2.31. The van der Waals surface area contributed by atoms with Gasteiger partial charge in [0.15, 0.2) is 0 Å². The standard InChI is InChI=1S/C18H31NO2/c1-2-3-13-4-6-15(7-5-13)19-16-8-9-17(19)11-14(10-16)12-18(20)21/h13-17H,2-12H2,1H3,(H,20,21). The van der Waals surface area contributed by atoms with E-state index in [1.54, 1.807) is 0 Å². The average molecular weight is 293 g/mol. The molecule has 3 fully saturated rings. The highest BCUT2D eigenvalue weighted by molar-refractivity contribution is 5.67. The Hall–Kier alpha value is -0.570. The van der Waals surface area contributed by atoms with E-state index in [9.17, 15) is 4.79 Å². The number of hydrogen-bond donors (Lipinski definition) is 1. The molecule has 2 aliphatic heterocycles. The van der Waals surface area contributed by atoms with Crippen LogP contribution >= 0.6 is 0 Å². The van der Waals surface area contributed by atoms with Crippen LogP contribution in [0.1, 0.15) is 77.6 Å². The average Bonchev–Trinajstić information content (AvgIpc) is 2.71. The zero-order valence-electron chi connectivity index (χ0n) is 13.5. The summed E-state index contributed by atoms with van der Waals surface area (Å²) in [5.74, 6) is 0.814. The van der Waals surface area contributed by atoms with Gasteiger partial charge in [0.05, 0.1) is 0 Å². The van der Waals surface area contributed by atoms with Gasteiger partial charge in [0.1, 0.15) is 0 Å². The van der Waals surface area contributed by atoms with Crippen molar-refractivity contribution in [1.29, 1.82) is 0 Å². The van der Waals surface area contributed by atoms with Gasteiger partial charge in [-0.2, -0.15) is 0 Å². The summed E-state index contributed by atoms with van der Waals surface area (Å²) < 4.78 is 0. The fraction of sp³-hybridized carbons (Fsp3) is 0.944. The lowest BCUT2D eigenvalue weighted by Gasteiger charge is -2.45. The number of aliphatic carboxylic acids is 1. The first-order chi connectivity index (χ1) is 10.2. The molecule has 2 saturated heterocycles. The number of fused-ring (bicyclic) bond motifs is 2. The summed E-state index contributed by atoms with van der Waals surface area (Å²) in [5.41, 5.74) is 0. The molecule has 1 saturated carbocycles. The Bertz CT molecular complexity index is 348. The van der Waals surface area contributed by atoms with Crippen LogP contribution < -0.4 is 0 Å². The second-order valence-corrected chi connectivity index (χ2v) is 7.73. The van der Waals surface area contributed by atoms with Crippen molar-refractivity contribution < 1.29 is 9.90 Å². The molecular formula is C18H31NO2. The smallest absolute Gasteiger partial charge is 0.303 e. The third-order valence-corrected chi connectivity index (χ3v) is 6.29. The minimum atomic E-state index is -0.604. The van der Waals surface area contributed by atoms with Gasteiger partial charge in [0, 0.05) is 24.5 Å². The number of rotatable bonds is 5. The summed E-state index contributed by atoms with van der Waals surface area (Å²) in [6.07, 6.45) is 13.7. The highest BCUT2D eigenvalue weighted by atomic mass is 16.4. The molecule has 2 atom stereocenters. The van der Waals surface area contributed by atoms with Gasteiger partial charge in [-0.25, -0.2) is 0 Å². The molecule has 0 aromatic rings. The zero-order chi connectivity index (χ0) is 14.8. The van der Waals surface area contributed by atoms with E-state index in [-0.39, 0.29) is 0 Å². The van der Waals surface area contributed by atoms with Crippen LogP contribution in [-0.2, 0) is 4.79 Å². The van der Waals surface area contributed by atoms with Crippen LogP contribution in [0.5, 0.6) is 0 Å². The molecule has 3 nitrogen and oxygen atoms in total. The van der Waals surface area contributed by atoms with Crippen molar-refractivity contribution >= 4 is 5.97 Å². The maximum Gasteiger partial charge on any atom is 0.303 e. The molecule has 3 heteroatoms. The second kappa shape index (κ2) is 6.68. The van der Waals surface area contributed by atoms with Crippen LogP contribution in [-0.4, -0.2) is 34.1 Å². The molecule has 0 spiro atoms. The lowest BCUT2D eigenvalue weighted by atomic mass is 9.80. The van der Waals surface area contributed by atoms with Gasteiger partial charge in [-0.3, -0.25) is 9.69 Å². The van der Waals surface area contributed by atoms with Gasteiger partial charge < -0.3 is 5.11 Å². The summed E-state index contributed by atoms with van der Waals surface area (Å²) >= 11 is 0. The molecule has 2 bridgehead atoms. The molecule has 3 aliphatic rings. The second-order valence-electron chi connectivity index (χ2n) is 7.73. The van der Waals surface area contributed by atoms with Crippen LogP contribution in [0.15, 0.2) is 0 Å². The van der Waals surface area contributed by atoms with Crippen molar-refractivity contribution in [2.24, 2.45) is 11.8 Å². The fourth-order valence-corrected chi connectivity index (χ4v) is 5.48. The van der Waals surface area contributed by atoms with E-state index in [4.69, 9.17) is 5.11 Å². The van der Waals surface area contributed by atoms with Crippen molar-refractivity contribution in [3.63, 3.8) is 0 Å². The van der Waals surface area contributed by atoms with Gasteiger partial charge in [-0.05, 0) is 63.2 Å². The molecule has 0 aromatic heterocycles.